The molecule has 2 amide bonds. The number of carbonyl (C=O) groups is 2. The molecule has 0 spiro atoms. The average Bonchev–Trinajstić information content (AvgIpc) is 3.34. The lowest BCUT2D eigenvalue weighted by Crippen LogP contribution is -2.46. The fraction of sp³-hybridized carbons (Fsp3) is 0.286. The van der Waals surface area contributed by atoms with E-state index in [1.54, 1.807) is 61.0 Å². The largest absolute Gasteiger partial charge is 0.495 e. The molecule has 10 nitrogen and oxygen atoms in total. The Morgan fingerprint density at radius 1 is 0.976 bits per heavy atom. The number of halogens is 3. The maximum Gasteiger partial charge on any atom is 0.390 e. The first-order chi connectivity index (χ1) is 19.4. The molecule has 0 aliphatic rings. The molecule has 0 aliphatic carbocycles. The first kappa shape index (κ1) is 29.3. The maximum atomic E-state index is 12.6. The SMILES string of the molecule is COc1cc(C(=O)NC(C)(C)CO)ccc1Nc1nc2ccc(-c3ccc(C(=O)NCCC(F)(F)F)cc3)cn2n1. The van der Waals surface area contributed by atoms with Crippen LogP contribution < -0.4 is 20.7 Å². The molecule has 216 valence electrons. The van der Waals surface area contributed by atoms with Crippen LogP contribution in [0.2, 0.25) is 0 Å². The minimum Gasteiger partial charge on any atom is -0.495 e. The number of aromatic nitrogens is 3. The number of benzene rings is 2. The summed E-state index contributed by atoms with van der Waals surface area (Å²) >= 11 is 0. The number of pyridine rings is 1. The summed E-state index contributed by atoms with van der Waals surface area (Å²) in [5.74, 6) is -0.268. The van der Waals surface area contributed by atoms with Crippen LogP contribution >= 0.6 is 0 Å². The minimum atomic E-state index is -4.33. The molecule has 0 atom stereocenters. The van der Waals surface area contributed by atoms with Gasteiger partial charge in [0.05, 0.1) is 31.4 Å². The smallest absolute Gasteiger partial charge is 0.390 e. The Bertz CT molecular complexity index is 1550. The Hall–Kier alpha value is -4.65. The van der Waals surface area contributed by atoms with Crippen molar-refractivity contribution >= 4 is 29.1 Å². The molecule has 0 unspecified atom stereocenters. The molecule has 13 heteroatoms. The van der Waals surface area contributed by atoms with Gasteiger partial charge >= 0.3 is 6.18 Å². The molecular formula is C28H29F3N6O4. The van der Waals surface area contributed by atoms with E-state index in [2.05, 4.69) is 26.0 Å². The van der Waals surface area contributed by atoms with E-state index < -0.39 is 30.6 Å². The molecule has 0 fully saturated rings. The van der Waals surface area contributed by atoms with Crippen molar-refractivity contribution in [3.05, 3.63) is 71.9 Å². The third kappa shape index (κ3) is 7.51. The number of aliphatic hydroxyl groups is 1. The summed E-state index contributed by atoms with van der Waals surface area (Å²) in [5, 5.41) is 22.0. The van der Waals surface area contributed by atoms with Crippen molar-refractivity contribution in [2.75, 3.05) is 25.6 Å². The fourth-order valence-corrected chi connectivity index (χ4v) is 3.82. The van der Waals surface area contributed by atoms with Crippen molar-refractivity contribution in [1.82, 2.24) is 25.2 Å². The van der Waals surface area contributed by atoms with Gasteiger partial charge in [-0.1, -0.05) is 12.1 Å². The third-order valence-electron chi connectivity index (χ3n) is 6.06. The second-order valence-electron chi connectivity index (χ2n) is 9.89. The van der Waals surface area contributed by atoms with E-state index in [0.29, 0.717) is 22.6 Å². The number of nitrogens with zero attached hydrogens (tertiary/aromatic N) is 3. The predicted octanol–water partition coefficient (Wildman–Crippen LogP) is 4.33. The highest BCUT2D eigenvalue weighted by molar-refractivity contribution is 5.96. The number of methoxy groups -OCH3 is 1. The van der Waals surface area contributed by atoms with Gasteiger partial charge in [-0.25, -0.2) is 4.52 Å². The molecule has 2 heterocycles. The van der Waals surface area contributed by atoms with Gasteiger partial charge in [0.25, 0.3) is 11.8 Å². The lowest BCUT2D eigenvalue weighted by atomic mass is 10.1. The van der Waals surface area contributed by atoms with Crippen LogP contribution in [0.5, 0.6) is 5.75 Å². The minimum absolute atomic E-state index is 0.215. The van der Waals surface area contributed by atoms with Crippen LogP contribution in [0.25, 0.3) is 16.8 Å². The van der Waals surface area contributed by atoms with Gasteiger partial charge in [0, 0.05) is 29.4 Å². The van der Waals surface area contributed by atoms with Crippen molar-refractivity contribution in [1.29, 1.82) is 0 Å². The topological polar surface area (TPSA) is 130 Å². The summed E-state index contributed by atoms with van der Waals surface area (Å²) in [5.41, 5.74) is 2.45. The van der Waals surface area contributed by atoms with E-state index in [1.165, 1.54) is 19.2 Å². The number of alkyl halides is 3. The lowest BCUT2D eigenvalue weighted by Gasteiger charge is -2.23. The number of nitrogens with one attached hydrogen (secondary N) is 3. The first-order valence-corrected chi connectivity index (χ1v) is 12.6. The third-order valence-corrected chi connectivity index (χ3v) is 6.06. The maximum absolute atomic E-state index is 12.6. The molecule has 4 aromatic rings. The van der Waals surface area contributed by atoms with Crippen molar-refractivity contribution in [2.24, 2.45) is 0 Å². The molecule has 2 aromatic heterocycles. The molecule has 4 rings (SSSR count). The quantitative estimate of drug-likeness (QED) is 0.223. The predicted molar refractivity (Wildman–Crippen MR) is 146 cm³/mol. The van der Waals surface area contributed by atoms with Crippen LogP contribution in [0.1, 0.15) is 41.0 Å². The number of ether oxygens (including phenoxy) is 1. The number of carbonyl (C=O) groups excluding carboxylic acids is 2. The molecule has 4 N–H and O–H groups in total. The van der Waals surface area contributed by atoms with E-state index in [1.807, 2.05) is 6.07 Å². The number of aliphatic hydroxyl groups excluding tert-OH is 1. The Balaban J connectivity index is 1.47. The number of anilines is 2. The summed E-state index contributed by atoms with van der Waals surface area (Å²) in [6, 6.07) is 14.9. The van der Waals surface area contributed by atoms with E-state index in [4.69, 9.17) is 4.74 Å². The molecule has 0 bridgehead atoms. The van der Waals surface area contributed by atoms with Crippen molar-refractivity contribution in [2.45, 2.75) is 32.0 Å². The van der Waals surface area contributed by atoms with Crippen LogP contribution in [0, 0.1) is 0 Å². The van der Waals surface area contributed by atoms with Crippen LogP contribution in [0.15, 0.2) is 60.8 Å². The zero-order valence-corrected chi connectivity index (χ0v) is 22.5. The Morgan fingerprint density at radius 3 is 2.32 bits per heavy atom. The van der Waals surface area contributed by atoms with Crippen LogP contribution in [0.3, 0.4) is 0 Å². The fourth-order valence-electron chi connectivity index (χ4n) is 3.82. The molecule has 0 aliphatic heterocycles. The van der Waals surface area contributed by atoms with Crippen LogP contribution in [-0.2, 0) is 0 Å². The number of hydrogen-bond acceptors (Lipinski definition) is 7. The number of hydrogen-bond donors (Lipinski definition) is 4. The monoisotopic (exact) mass is 570 g/mol. The Kier molecular flexibility index (Phi) is 8.47. The average molecular weight is 571 g/mol. The van der Waals surface area contributed by atoms with Crippen molar-refractivity contribution in [3.63, 3.8) is 0 Å². The van der Waals surface area contributed by atoms with Crippen molar-refractivity contribution in [3.8, 4) is 16.9 Å². The van der Waals surface area contributed by atoms with Crippen molar-refractivity contribution < 1.29 is 32.6 Å². The van der Waals surface area contributed by atoms with E-state index in [-0.39, 0.29) is 24.0 Å². The number of rotatable bonds is 10. The molecule has 41 heavy (non-hydrogen) atoms. The number of amides is 2. The summed E-state index contributed by atoms with van der Waals surface area (Å²) in [4.78, 5) is 29.2. The normalized spacial score (nSPS) is 11.8. The lowest BCUT2D eigenvalue weighted by molar-refractivity contribution is -0.133. The molecular weight excluding hydrogens is 541 g/mol. The van der Waals surface area contributed by atoms with Crippen LogP contribution in [0.4, 0.5) is 24.8 Å². The van der Waals surface area contributed by atoms with Gasteiger partial charge in [-0.15, -0.1) is 5.10 Å². The zero-order valence-electron chi connectivity index (χ0n) is 22.5. The second-order valence-corrected chi connectivity index (χ2v) is 9.89. The second kappa shape index (κ2) is 11.8. The zero-order chi connectivity index (χ0) is 29.8. The van der Waals surface area contributed by atoms with Gasteiger partial charge in [-0.3, -0.25) is 9.59 Å². The molecule has 2 aromatic carbocycles. The summed E-state index contributed by atoms with van der Waals surface area (Å²) in [6.07, 6.45) is -3.68. The van der Waals surface area contributed by atoms with E-state index in [0.717, 1.165) is 11.1 Å². The summed E-state index contributed by atoms with van der Waals surface area (Å²) in [6.45, 7) is 2.71. The summed E-state index contributed by atoms with van der Waals surface area (Å²) < 4.78 is 43.9. The highest BCUT2D eigenvalue weighted by Gasteiger charge is 2.26. The van der Waals surface area contributed by atoms with Gasteiger partial charge in [0.2, 0.25) is 5.95 Å². The van der Waals surface area contributed by atoms with Gasteiger partial charge in [-0.05, 0) is 61.9 Å². The highest BCUT2D eigenvalue weighted by Crippen LogP contribution is 2.29. The van der Waals surface area contributed by atoms with Gasteiger partial charge in [0.1, 0.15) is 5.75 Å². The van der Waals surface area contributed by atoms with E-state index >= 15 is 0 Å². The van der Waals surface area contributed by atoms with Gasteiger partial charge in [0.15, 0.2) is 5.65 Å². The van der Waals surface area contributed by atoms with Crippen LogP contribution in [-0.4, -0.2) is 63.5 Å². The molecule has 0 saturated carbocycles. The standard InChI is InChI=1S/C28H29F3N6O4/c1-27(2,16-38)35-25(40)19-8-10-21(22(14-19)41-3)33-26-34-23-11-9-20(15-37(23)36-26)17-4-6-18(7-5-17)24(39)32-13-12-28(29,30)31/h4-11,14-15,38H,12-13,16H2,1-3H3,(H,32,39)(H,33,36)(H,35,40). The van der Waals surface area contributed by atoms with Gasteiger partial charge in [-0.2, -0.15) is 18.2 Å². The molecule has 0 saturated heterocycles. The highest BCUT2D eigenvalue weighted by atomic mass is 19.4. The number of fused-ring (bicyclic) bond motifs is 1. The first-order valence-electron chi connectivity index (χ1n) is 12.6. The van der Waals surface area contributed by atoms with E-state index in [9.17, 15) is 27.9 Å². The Labute approximate surface area is 233 Å². The molecule has 0 radical (unpaired) electrons. The van der Waals surface area contributed by atoms with Gasteiger partial charge < -0.3 is 25.8 Å². The Morgan fingerprint density at radius 2 is 1.66 bits per heavy atom. The summed E-state index contributed by atoms with van der Waals surface area (Å²) in [7, 11) is 1.47.